The van der Waals surface area contributed by atoms with Crippen molar-refractivity contribution in [1.82, 2.24) is 0 Å². The molecule has 0 bridgehead atoms. The largest absolute Gasteiger partial charge is 0.214 e. The van der Waals surface area contributed by atoms with Gasteiger partial charge in [-0.2, -0.15) is 18.2 Å². The minimum absolute atomic E-state index is 0.472. The van der Waals surface area contributed by atoms with Gasteiger partial charge >= 0.3 is 35.3 Å². The molecule has 0 N–H and O–H groups in total. The van der Waals surface area contributed by atoms with E-state index < -0.39 is 16.5 Å². The van der Waals surface area contributed by atoms with Crippen LogP contribution in [0.25, 0.3) is 0 Å². The van der Waals surface area contributed by atoms with E-state index in [9.17, 15) is 0 Å². The van der Waals surface area contributed by atoms with Crippen molar-refractivity contribution in [3.8, 4) is 0 Å². The van der Waals surface area contributed by atoms with Crippen LogP contribution >= 0.6 is 18.8 Å². The fourth-order valence-electron chi connectivity index (χ4n) is 0.321. The van der Waals surface area contributed by atoms with Crippen molar-refractivity contribution < 1.29 is 16.5 Å². The van der Waals surface area contributed by atoms with Gasteiger partial charge in [0.05, 0.1) is 0 Å². The van der Waals surface area contributed by atoms with E-state index in [4.69, 9.17) is 18.8 Å². The third kappa shape index (κ3) is 6.62. The Kier molecular flexibility index (Phi) is 8.21. The van der Waals surface area contributed by atoms with E-state index in [1.807, 2.05) is 30.3 Å². The number of hydrogen-bond acceptors (Lipinski definition) is 0. The summed E-state index contributed by atoms with van der Waals surface area (Å²) in [4.78, 5) is 0. The van der Waals surface area contributed by atoms with Crippen molar-refractivity contribution in [2.45, 2.75) is 0 Å². The van der Waals surface area contributed by atoms with Crippen molar-refractivity contribution in [2.24, 2.45) is 0 Å². The normalized spacial score (nSPS) is 7.75. The van der Waals surface area contributed by atoms with Crippen LogP contribution in [-0.4, -0.2) is 0 Å². The number of hydrogen-bond donors (Lipinski definition) is 0. The van der Waals surface area contributed by atoms with Crippen molar-refractivity contribution in [3.63, 3.8) is 0 Å². The van der Waals surface area contributed by atoms with E-state index in [1.165, 1.54) is 0 Å². The molecule has 0 saturated carbocycles. The summed E-state index contributed by atoms with van der Waals surface area (Å²) in [5.74, 6) is 0. The first-order chi connectivity index (χ1) is 3.91. The molecular formula is C5H5Cl2Pt-. The monoisotopic (exact) mass is 330 g/mol. The summed E-state index contributed by atoms with van der Waals surface area (Å²) in [6.07, 6.45) is 0. The zero-order chi connectivity index (χ0) is 6.24. The van der Waals surface area contributed by atoms with Crippen LogP contribution in [0.4, 0.5) is 0 Å². The number of halogens is 2. The molecule has 1 aromatic rings. The first kappa shape index (κ1) is 8.62. The van der Waals surface area contributed by atoms with Gasteiger partial charge in [-0.25, -0.2) is 12.1 Å². The van der Waals surface area contributed by atoms with E-state index in [1.54, 1.807) is 0 Å². The molecule has 0 radical (unpaired) electrons. The Labute approximate surface area is 65.6 Å². The molecule has 0 spiro atoms. The average molecular weight is 331 g/mol. The Morgan fingerprint density at radius 2 is 1.50 bits per heavy atom. The standard InChI is InChI=1S/C5H5.2ClH.Pt/c1-2-4-5-3-1;;;/h1-5H;2*1H;/q-1;;;+2/p-2. The minimum Gasteiger partial charge on any atom is -0.214 e. The average Bonchev–Trinajstić information content (AvgIpc) is 2.17. The predicted molar refractivity (Wildman–Crippen MR) is 33.7 cm³/mol. The first-order valence-corrected chi connectivity index (χ1v) is 7.54. The molecule has 1 rings (SSSR count). The summed E-state index contributed by atoms with van der Waals surface area (Å²) in [5, 5.41) is 0. The molecule has 0 aliphatic carbocycles. The molecule has 0 nitrogen and oxygen atoms in total. The van der Waals surface area contributed by atoms with E-state index in [0.717, 1.165) is 0 Å². The minimum atomic E-state index is -0.472. The van der Waals surface area contributed by atoms with E-state index in [-0.39, 0.29) is 0 Å². The van der Waals surface area contributed by atoms with Gasteiger partial charge in [0.25, 0.3) is 0 Å². The molecule has 0 fully saturated rings. The third-order valence-electron chi connectivity index (χ3n) is 0.556. The van der Waals surface area contributed by atoms with Gasteiger partial charge in [-0.1, -0.05) is 0 Å². The Bertz CT molecular complexity index is 77.3. The van der Waals surface area contributed by atoms with Crippen LogP contribution in [0.3, 0.4) is 0 Å². The van der Waals surface area contributed by atoms with Gasteiger partial charge in [0.2, 0.25) is 0 Å². The number of rotatable bonds is 0. The Hall–Kier alpha value is 0.618. The molecule has 0 aliphatic rings. The quantitative estimate of drug-likeness (QED) is 0.642. The summed E-state index contributed by atoms with van der Waals surface area (Å²) < 4.78 is 0. The molecule has 1 aromatic carbocycles. The molecule has 3 heteroatoms. The maximum atomic E-state index is 4.88. The predicted octanol–water partition coefficient (Wildman–Crippen LogP) is 2.78. The van der Waals surface area contributed by atoms with Gasteiger partial charge < -0.3 is 0 Å². The topological polar surface area (TPSA) is 0 Å². The first-order valence-electron chi connectivity index (χ1n) is 1.91. The zero-order valence-corrected chi connectivity index (χ0v) is 7.74. The second kappa shape index (κ2) is 7.62. The van der Waals surface area contributed by atoms with E-state index in [2.05, 4.69) is 0 Å². The summed E-state index contributed by atoms with van der Waals surface area (Å²) in [5.41, 5.74) is 0. The molecule has 8 heavy (non-hydrogen) atoms. The molecule has 0 heterocycles. The SMILES string of the molecule is [Cl][Pt][Cl].c1cc[cH-]c1. The van der Waals surface area contributed by atoms with Crippen LogP contribution in [-0.2, 0) is 16.5 Å². The van der Waals surface area contributed by atoms with Crippen molar-refractivity contribution in [2.75, 3.05) is 0 Å². The zero-order valence-electron chi connectivity index (χ0n) is 3.96. The summed E-state index contributed by atoms with van der Waals surface area (Å²) in [6.45, 7) is 0. The van der Waals surface area contributed by atoms with Crippen molar-refractivity contribution >= 4 is 18.8 Å². The smallest absolute Gasteiger partial charge is 0.172 e. The maximum absolute atomic E-state index is 4.88. The molecule has 0 amide bonds. The van der Waals surface area contributed by atoms with Gasteiger partial charge in [-0.15, -0.1) is 0 Å². The van der Waals surface area contributed by atoms with Crippen LogP contribution in [0, 0.1) is 0 Å². The molecule has 0 aromatic heterocycles. The van der Waals surface area contributed by atoms with Gasteiger partial charge in [0, 0.05) is 0 Å². The third-order valence-corrected chi connectivity index (χ3v) is 0.556. The second-order valence-corrected chi connectivity index (χ2v) is 4.29. The Balaban J connectivity index is 0.000000145. The fraction of sp³-hybridized carbons (Fsp3) is 0. The summed E-state index contributed by atoms with van der Waals surface area (Å²) in [6, 6.07) is 10.0. The molecule has 0 atom stereocenters. The summed E-state index contributed by atoms with van der Waals surface area (Å²) >= 11 is -0.472. The second-order valence-electron chi connectivity index (χ2n) is 1.01. The van der Waals surface area contributed by atoms with Gasteiger partial charge in [0.1, 0.15) is 0 Å². The van der Waals surface area contributed by atoms with Crippen LogP contribution in [0.5, 0.6) is 0 Å². The van der Waals surface area contributed by atoms with Crippen LogP contribution in [0.15, 0.2) is 30.3 Å². The van der Waals surface area contributed by atoms with Gasteiger partial charge in [-0.05, 0) is 0 Å². The van der Waals surface area contributed by atoms with Crippen LogP contribution < -0.4 is 0 Å². The fourth-order valence-corrected chi connectivity index (χ4v) is 0.321. The van der Waals surface area contributed by atoms with Crippen molar-refractivity contribution in [1.29, 1.82) is 0 Å². The Morgan fingerprint density at radius 1 is 1.12 bits per heavy atom. The van der Waals surface area contributed by atoms with Gasteiger partial charge in [-0.3, -0.25) is 0 Å². The molecule has 50 valence electrons. The van der Waals surface area contributed by atoms with Gasteiger partial charge in [0.15, 0.2) is 0 Å². The van der Waals surface area contributed by atoms with Crippen LogP contribution in [0.2, 0.25) is 0 Å². The Morgan fingerprint density at radius 3 is 1.62 bits per heavy atom. The molecular weight excluding hydrogens is 326 g/mol. The van der Waals surface area contributed by atoms with E-state index in [0.29, 0.717) is 0 Å². The van der Waals surface area contributed by atoms with E-state index >= 15 is 0 Å². The summed E-state index contributed by atoms with van der Waals surface area (Å²) in [7, 11) is 9.75. The maximum Gasteiger partial charge on any atom is -0.172 e. The molecule has 0 unspecified atom stereocenters. The molecule has 0 aliphatic heterocycles. The molecule has 0 saturated heterocycles. The van der Waals surface area contributed by atoms with Crippen molar-refractivity contribution in [3.05, 3.63) is 30.3 Å². The van der Waals surface area contributed by atoms with Crippen LogP contribution in [0.1, 0.15) is 0 Å².